The highest BCUT2D eigenvalue weighted by Gasteiger charge is 2.45. The van der Waals surface area contributed by atoms with Gasteiger partial charge in [-0.15, -0.1) is 0 Å². The van der Waals surface area contributed by atoms with Gasteiger partial charge in [0.1, 0.15) is 17.1 Å². The molecule has 2 aliphatic heterocycles. The highest BCUT2D eigenvalue weighted by Crippen LogP contribution is 2.48. The molecule has 2 aliphatic rings. The number of methoxy groups -OCH3 is 1. The van der Waals surface area contributed by atoms with E-state index in [0.717, 1.165) is 36.6 Å². The quantitative estimate of drug-likeness (QED) is 0.925. The van der Waals surface area contributed by atoms with Gasteiger partial charge in [0.05, 0.1) is 7.11 Å². The summed E-state index contributed by atoms with van der Waals surface area (Å²) in [7, 11) is 1.71. The molecule has 3 nitrogen and oxygen atoms in total. The Morgan fingerprint density at radius 2 is 2.30 bits per heavy atom. The Morgan fingerprint density at radius 3 is 2.95 bits per heavy atom. The summed E-state index contributed by atoms with van der Waals surface area (Å²) in [5, 5.41) is 4.30. The van der Waals surface area contributed by atoms with Crippen molar-refractivity contribution < 1.29 is 9.47 Å². The maximum Gasteiger partial charge on any atom is 0.125 e. The Bertz CT molecular complexity index is 493. The third-order valence-corrected chi connectivity index (χ3v) is 5.66. The highest BCUT2D eigenvalue weighted by atomic mass is 32.2. The van der Waals surface area contributed by atoms with Crippen LogP contribution in [0.3, 0.4) is 0 Å². The molecule has 1 saturated heterocycles. The Labute approximate surface area is 125 Å². The third-order valence-electron chi connectivity index (χ3n) is 4.24. The second-order valence-corrected chi connectivity index (χ2v) is 7.26. The monoisotopic (exact) mass is 293 g/mol. The zero-order valence-corrected chi connectivity index (χ0v) is 13.3. The molecule has 2 heterocycles. The van der Waals surface area contributed by atoms with Crippen molar-refractivity contribution >= 4 is 11.8 Å². The predicted molar refractivity (Wildman–Crippen MR) is 83.9 cm³/mol. The molecule has 1 spiro atoms. The number of thioether (sulfide) groups is 1. The van der Waals surface area contributed by atoms with Crippen molar-refractivity contribution in [1.82, 2.24) is 5.32 Å². The number of hydrogen-bond donors (Lipinski definition) is 1. The smallest absolute Gasteiger partial charge is 0.125 e. The molecule has 1 aromatic carbocycles. The summed E-state index contributed by atoms with van der Waals surface area (Å²) in [5.74, 6) is 3.03. The number of benzene rings is 1. The van der Waals surface area contributed by atoms with Gasteiger partial charge in [0.15, 0.2) is 0 Å². The summed E-state index contributed by atoms with van der Waals surface area (Å²) in [6.07, 6.45) is 2.20. The standard InChI is InChI=1S/C16H23NO2S/c1-4-17-14-9-16(8-11(2)20-10-16)19-15-6-5-12(18-3)7-13(14)15/h5-7,11,14,17H,4,8-10H2,1-3H3. The van der Waals surface area contributed by atoms with Gasteiger partial charge in [0, 0.05) is 29.0 Å². The summed E-state index contributed by atoms with van der Waals surface area (Å²) in [6.45, 7) is 5.43. The van der Waals surface area contributed by atoms with Crippen molar-refractivity contribution in [3.05, 3.63) is 23.8 Å². The van der Waals surface area contributed by atoms with Crippen molar-refractivity contribution in [2.45, 2.75) is 43.6 Å². The first-order valence-electron chi connectivity index (χ1n) is 7.38. The van der Waals surface area contributed by atoms with E-state index >= 15 is 0 Å². The molecule has 4 heteroatoms. The summed E-state index contributed by atoms with van der Waals surface area (Å²) in [4.78, 5) is 0. The van der Waals surface area contributed by atoms with Gasteiger partial charge in [-0.25, -0.2) is 0 Å². The Morgan fingerprint density at radius 1 is 1.45 bits per heavy atom. The predicted octanol–water partition coefficient (Wildman–Crippen LogP) is 3.39. The normalized spacial score (nSPS) is 31.9. The first-order valence-corrected chi connectivity index (χ1v) is 8.42. The van der Waals surface area contributed by atoms with E-state index in [0.29, 0.717) is 11.3 Å². The number of fused-ring (bicyclic) bond motifs is 1. The van der Waals surface area contributed by atoms with Gasteiger partial charge < -0.3 is 14.8 Å². The van der Waals surface area contributed by atoms with Crippen LogP contribution in [0.25, 0.3) is 0 Å². The van der Waals surface area contributed by atoms with Crippen molar-refractivity contribution in [3.63, 3.8) is 0 Å². The number of nitrogens with one attached hydrogen (secondary N) is 1. The summed E-state index contributed by atoms with van der Waals surface area (Å²) in [5.41, 5.74) is 1.25. The van der Waals surface area contributed by atoms with Gasteiger partial charge >= 0.3 is 0 Å². The molecule has 110 valence electrons. The Kier molecular flexibility index (Phi) is 3.87. The maximum atomic E-state index is 6.41. The molecule has 3 unspecified atom stereocenters. The molecule has 0 aliphatic carbocycles. The molecular formula is C16H23NO2S. The maximum absolute atomic E-state index is 6.41. The van der Waals surface area contributed by atoms with Crippen molar-refractivity contribution in [2.75, 3.05) is 19.4 Å². The molecule has 3 rings (SSSR count). The SMILES string of the molecule is CCNC1CC2(CSC(C)C2)Oc2ccc(OC)cc21. The van der Waals surface area contributed by atoms with Crippen LogP contribution in [-0.2, 0) is 0 Å². The van der Waals surface area contributed by atoms with Crippen molar-refractivity contribution in [3.8, 4) is 11.5 Å². The second-order valence-electron chi connectivity index (χ2n) is 5.83. The molecule has 0 amide bonds. The van der Waals surface area contributed by atoms with Crippen LogP contribution in [0.4, 0.5) is 0 Å². The molecular weight excluding hydrogens is 270 g/mol. The van der Waals surface area contributed by atoms with Crippen LogP contribution in [0.1, 0.15) is 38.3 Å². The minimum absolute atomic E-state index is 0.0124. The zero-order valence-electron chi connectivity index (χ0n) is 12.4. The van der Waals surface area contributed by atoms with Crippen LogP contribution in [0.2, 0.25) is 0 Å². The minimum Gasteiger partial charge on any atom is -0.497 e. The van der Waals surface area contributed by atoms with Crippen LogP contribution in [0.5, 0.6) is 11.5 Å². The van der Waals surface area contributed by atoms with Crippen molar-refractivity contribution in [1.29, 1.82) is 0 Å². The van der Waals surface area contributed by atoms with E-state index in [9.17, 15) is 0 Å². The van der Waals surface area contributed by atoms with Gasteiger partial charge in [0.2, 0.25) is 0 Å². The van der Waals surface area contributed by atoms with Gasteiger partial charge in [-0.05, 0) is 31.2 Å². The average Bonchev–Trinajstić information content (AvgIpc) is 2.79. The number of ether oxygens (including phenoxy) is 2. The average molecular weight is 293 g/mol. The third kappa shape index (κ3) is 2.51. The number of rotatable bonds is 3. The lowest BCUT2D eigenvalue weighted by Gasteiger charge is -2.40. The lowest BCUT2D eigenvalue weighted by Crippen LogP contribution is -2.44. The first-order chi connectivity index (χ1) is 9.65. The fourth-order valence-corrected chi connectivity index (χ4v) is 4.66. The molecule has 0 saturated carbocycles. The van der Waals surface area contributed by atoms with Crippen LogP contribution >= 0.6 is 11.8 Å². The molecule has 0 aromatic heterocycles. The minimum atomic E-state index is 0.0124. The Hall–Kier alpha value is -0.870. The molecule has 1 aromatic rings. The highest BCUT2D eigenvalue weighted by molar-refractivity contribution is 8.00. The zero-order chi connectivity index (χ0) is 14.2. The lowest BCUT2D eigenvalue weighted by molar-refractivity contribution is 0.0515. The fraction of sp³-hybridized carbons (Fsp3) is 0.625. The molecule has 0 radical (unpaired) electrons. The van der Waals surface area contributed by atoms with E-state index in [-0.39, 0.29) is 5.60 Å². The summed E-state index contributed by atoms with van der Waals surface area (Å²) in [6, 6.07) is 6.53. The molecule has 3 atom stereocenters. The molecule has 0 bridgehead atoms. The summed E-state index contributed by atoms with van der Waals surface area (Å²) >= 11 is 2.03. The molecule has 1 N–H and O–H groups in total. The van der Waals surface area contributed by atoms with Gasteiger partial charge in [-0.1, -0.05) is 13.8 Å². The van der Waals surface area contributed by atoms with Crippen LogP contribution in [0, 0.1) is 0 Å². The molecule has 20 heavy (non-hydrogen) atoms. The molecule has 1 fully saturated rings. The number of hydrogen-bond acceptors (Lipinski definition) is 4. The van der Waals surface area contributed by atoms with E-state index in [4.69, 9.17) is 9.47 Å². The summed E-state index contributed by atoms with van der Waals surface area (Å²) < 4.78 is 11.8. The van der Waals surface area contributed by atoms with Gasteiger partial charge in [0.25, 0.3) is 0 Å². The van der Waals surface area contributed by atoms with Crippen molar-refractivity contribution in [2.24, 2.45) is 0 Å². The first kappa shape index (κ1) is 14.1. The van der Waals surface area contributed by atoms with Gasteiger partial charge in [-0.2, -0.15) is 11.8 Å². The van der Waals surface area contributed by atoms with E-state index in [1.54, 1.807) is 7.11 Å². The van der Waals surface area contributed by atoms with Crippen LogP contribution < -0.4 is 14.8 Å². The lowest BCUT2D eigenvalue weighted by atomic mass is 9.85. The van der Waals surface area contributed by atoms with E-state index in [1.165, 1.54) is 5.56 Å². The second kappa shape index (κ2) is 5.49. The van der Waals surface area contributed by atoms with Crippen LogP contribution in [-0.4, -0.2) is 30.3 Å². The van der Waals surface area contributed by atoms with Gasteiger partial charge in [-0.3, -0.25) is 0 Å². The largest absolute Gasteiger partial charge is 0.497 e. The van der Waals surface area contributed by atoms with E-state index in [1.807, 2.05) is 17.8 Å². The van der Waals surface area contributed by atoms with E-state index < -0.39 is 0 Å². The topological polar surface area (TPSA) is 30.5 Å². The van der Waals surface area contributed by atoms with E-state index in [2.05, 4.69) is 31.3 Å². The fourth-order valence-electron chi connectivity index (χ4n) is 3.35. The Balaban J connectivity index is 1.94. The van der Waals surface area contributed by atoms with Crippen LogP contribution in [0.15, 0.2) is 18.2 Å².